The van der Waals surface area contributed by atoms with Crippen LogP contribution in [0.4, 0.5) is 50.1 Å². The summed E-state index contributed by atoms with van der Waals surface area (Å²) < 4.78 is 112. The Bertz CT molecular complexity index is 5910. The summed E-state index contributed by atoms with van der Waals surface area (Å²) in [6.45, 7) is 3.74. The number of halogens is 11. The maximum absolute atomic E-state index is 14.3. The molecule has 10 aromatic heterocycles. The van der Waals surface area contributed by atoms with E-state index in [1.165, 1.54) is 97.3 Å². The van der Waals surface area contributed by atoms with Gasteiger partial charge in [-0.3, -0.25) is 42.6 Å². The van der Waals surface area contributed by atoms with E-state index in [-0.39, 0.29) is 67.5 Å². The Hall–Kier alpha value is -10.1. The third kappa shape index (κ3) is 18.2. The molecule has 670 valence electrons. The van der Waals surface area contributed by atoms with Gasteiger partial charge in [-0.05, 0) is 47.6 Å². The van der Waals surface area contributed by atoms with Crippen molar-refractivity contribution in [3.05, 3.63) is 91.0 Å². The van der Waals surface area contributed by atoms with Crippen LogP contribution in [0.5, 0.6) is 0 Å². The fourth-order valence-corrected chi connectivity index (χ4v) is 16.2. The standard InChI is InChI=1S/C16H16ClF2N3O4.C15H16ClFN4O4.C14H15ClFN5O4.C14H15ClFN5O3S.C14H15ClFN5O3/c1-7(23)11-12(24)16(17,4-3-5-18)15(26-11)22-6-9(19)10-13(22)20-8(2)21-14(10)25;1-7(22)9-10(23)15(16,4-2-5-17)13(25-9)21-6-3-8-11(21)19-14(18)20-12(8)24;1-6(22)8-9(23)14(15,3-2-4-16)12(25-8)21-5-18-7-10(21)19-13(17)20-11(7)24;1-6(22)8-9(23)14(15,3-2-4-16)12(24-8)21-5-18-7-10(21)19-13(17)20-11(7)25;1-7(22)9-10(23)14(15,3-2-4-16)12(24-9)21-6-19-8-5-18-13(17)20-11(8)21/h6-7,11-12,15,23-24H,5H2,1-2H3,(H,20,21,25);3,6-7,9-10,13,22-23H,5H2,1H3,(H3,18,19,20,24);5-6,8-9,12,22-23H,4H2,1H3,(H3,17,19,20,24);5-6,8-9,12,22-23H,4H2,1H3,(H3,17,19,20,25);5-7,9-10,12,22-23H,4H2,1H3,(H2,17,18,20)/t7-,11-,12+,15-,16?;7-,9-,10+,13-,15?;2*6-,8-,9+,12-,14?;7-,9-,10+,12-,14?/m11111/s1. The number of rotatable bonds is 10. The van der Waals surface area contributed by atoms with Crippen LogP contribution in [0.1, 0.15) is 71.6 Å². The van der Waals surface area contributed by atoms with Gasteiger partial charge in [-0.2, -0.15) is 15.0 Å². The minimum Gasteiger partial charge on any atom is -0.391 e. The number of nitrogens with one attached hydrogen (secondary N) is 4. The zero-order valence-electron chi connectivity index (χ0n) is 65.5. The van der Waals surface area contributed by atoms with Crippen molar-refractivity contribution < 1.29 is 101 Å². The number of ether oxygens (including phenoxy) is 5. The molecule has 5 saturated heterocycles. The minimum absolute atomic E-state index is 0.0184. The number of nitrogens with zero attached hydrogens (tertiary/aromatic N) is 14. The van der Waals surface area contributed by atoms with E-state index in [1.54, 1.807) is 0 Å². The van der Waals surface area contributed by atoms with E-state index < -0.39 is 203 Å². The molecule has 0 aliphatic carbocycles. The van der Waals surface area contributed by atoms with Crippen LogP contribution in [-0.4, -0.2) is 288 Å². The van der Waals surface area contributed by atoms with Crippen molar-refractivity contribution in [3.8, 4) is 59.2 Å². The molecule has 0 aromatic carbocycles. The first-order valence-corrected chi connectivity index (χ1v) is 39.1. The molecule has 15 heterocycles. The Morgan fingerprint density at radius 2 is 0.832 bits per heavy atom. The summed E-state index contributed by atoms with van der Waals surface area (Å²) >= 11 is 37.5. The molecule has 5 unspecified atom stereocenters. The lowest BCUT2D eigenvalue weighted by Gasteiger charge is -2.26. The first-order valence-electron chi connectivity index (χ1n) is 36.8. The molecule has 0 amide bonds. The van der Waals surface area contributed by atoms with Gasteiger partial charge in [0.05, 0.1) is 61.1 Å². The molecule has 0 spiro atoms. The Labute approximate surface area is 729 Å². The number of fused-ring (bicyclic) bond motifs is 5. The number of anilines is 4. The van der Waals surface area contributed by atoms with Crippen molar-refractivity contribution in [1.82, 2.24) is 87.6 Å². The van der Waals surface area contributed by atoms with Crippen LogP contribution in [-0.2, 0) is 23.7 Å². The summed E-state index contributed by atoms with van der Waals surface area (Å²) in [5.74, 6) is 22.3. The summed E-state index contributed by atoms with van der Waals surface area (Å²) in [5, 5.41) is 101. The first-order chi connectivity index (χ1) is 59.0. The predicted octanol–water partition coefficient (Wildman–Crippen LogP) is 0.608. The van der Waals surface area contributed by atoms with E-state index in [0.29, 0.717) is 22.3 Å². The van der Waals surface area contributed by atoms with Gasteiger partial charge in [0.2, 0.25) is 17.8 Å². The van der Waals surface area contributed by atoms with Gasteiger partial charge >= 0.3 is 0 Å². The molecule has 22 N–H and O–H groups in total. The van der Waals surface area contributed by atoms with Crippen molar-refractivity contribution >= 4 is 150 Å². The van der Waals surface area contributed by atoms with Gasteiger partial charge in [0.15, 0.2) is 100 Å². The molecule has 5 fully saturated rings. The number of aliphatic hydroxyl groups is 10. The molecule has 52 heteroatoms. The SMILES string of the molecule is C[C@@H](O)[C@H]1O[C@@H](n2ccc3c(=O)[nH]c(N)nc32)C(Cl)(C#CCF)[C@H]1O.C[C@@H](O)[C@H]1O[C@@H](n2cnc3c(=O)[nH]c(N)nc32)C(Cl)(C#CCF)[C@H]1O.C[C@@H](O)[C@H]1O[C@@H](n2cnc3c(=S)nc(N)[nH]c32)C(Cl)(C#CCF)[C@H]1O.C[C@@H](O)[C@H]1O[C@@H](n2cnc3cnc(N)nc32)C(Cl)(C#CCF)[C@H]1O.Cc1nc2c(c(F)cn2[C@@H]2O[C@H]([C@@H](C)O)[C@H](O)C2(Cl)C#CCF)c(=O)[nH]1. The number of aryl methyl sites for hydroxylation is 1. The molecular weight excluding hydrogens is 1800 g/mol. The predicted molar refractivity (Wildman–Crippen MR) is 439 cm³/mol. The number of nitrogen functional groups attached to an aromatic ring is 4. The number of aromatic amines is 4. The zero-order valence-corrected chi connectivity index (χ0v) is 70.1. The summed E-state index contributed by atoms with van der Waals surface area (Å²) in [6, 6.07) is 1.48. The second-order valence-electron chi connectivity index (χ2n) is 28.5. The van der Waals surface area contributed by atoms with Gasteiger partial charge in [-0.1, -0.05) is 129 Å². The van der Waals surface area contributed by atoms with Crippen molar-refractivity contribution in [2.45, 2.75) is 189 Å². The van der Waals surface area contributed by atoms with Gasteiger partial charge < -0.3 is 112 Å². The number of hydrogen-bond acceptors (Lipinski definition) is 32. The number of aromatic nitrogens is 18. The highest BCUT2D eigenvalue weighted by atomic mass is 35.5. The minimum atomic E-state index is -1.88. The van der Waals surface area contributed by atoms with Crippen molar-refractivity contribution in [1.29, 1.82) is 0 Å². The van der Waals surface area contributed by atoms with E-state index in [1.807, 2.05) is 0 Å². The van der Waals surface area contributed by atoms with E-state index in [0.717, 1.165) is 10.8 Å². The van der Waals surface area contributed by atoms with Crippen LogP contribution in [0.2, 0.25) is 0 Å². The van der Waals surface area contributed by atoms with E-state index in [4.69, 9.17) is 117 Å². The van der Waals surface area contributed by atoms with Gasteiger partial charge in [-0.25, -0.2) is 56.2 Å². The summed E-state index contributed by atoms with van der Waals surface area (Å²) in [6.07, 6.45) is -15.7. The molecule has 0 saturated carbocycles. The van der Waals surface area contributed by atoms with Crippen molar-refractivity contribution in [2.24, 2.45) is 0 Å². The van der Waals surface area contributed by atoms with E-state index in [9.17, 15) is 91.8 Å². The summed E-state index contributed by atoms with van der Waals surface area (Å²) in [5.41, 5.74) is 22.3. The highest BCUT2D eigenvalue weighted by Crippen LogP contribution is 2.51. The second kappa shape index (κ2) is 38.2. The van der Waals surface area contributed by atoms with E-state index >= 15 is 0 Å². The molecule has 0 radical (unpaired) electrons. The van der Waals surface area contributed by atoms with Crippen LogP contribution in [0, 0.1) is 76.6 Å². The fourth-order valence-electron chi connectivity index (χ4n) is 14.2. The monoisotopic (exact) mass is 1870 g/mol. The molecule has 40 nitrogen and oxygen atoms in total. The first kappa shape index (κ1) is 95.6. The van der Waals surface area contributed by atoms with Crippen molar-refractivity contribution in [2.75, 3.05) is 56.3 Å². The Kier molecular flexibility index (Phi) is 29.2. The number of H-pyrrole nitrogens is 4. The molecule has 15 rings (SSSR count). The Morgan fingerprint density at radius 1 is 0.464 bits per heavy atom. The molecular formula is C73H77Cl5F6N22O18S. The van der Waals surface area contributed by atoms with Crippen LogP contribution in [0.25, 0.3) is 55.6 Å². The Morgan fingerprint density at radius 3 is 1.26 bits per heavy atom. The lowest BCUT2D eigenvalue weighted by atomic mass is 9.96. The van der Waals surface area contributed by atoms with Gasteiger partial charge in [0.25, 0.3) is 16.7 Å². The highest BCUT2D eigenvalue weighted by molar-refractivity contribution is 7.71. The van der Waals surface area contributed by atoms with Crippen LogP contribution in [0.3, 0.4) is 0 Å². The molecule has 125 heavy (non-hydrogen) atoms. The smallest absolute Gasteiger partial charge is 0.280 e. The van der Waals surface area contributed by atoms with E-state index in [2.05, 4.69) is 124 Å². The van der Waals surface area contributed by atoms with Gasteiger partial charge in [0.1, 0.15) is 122 Å². The average Bonchev–Trinajstić information content (AvgIpc) is 1.40. The number of imidazole rings is 3. The maximum Gasteiger partial charge on any atom is 0.280 e. The zero-order chi connectivity index (χ0) is 91.8. The summed E-state index contributed by atoms with van der Waals surface area (Å²) in [7, 11) is 0. The number of aliphatic hydroxyl groups excluding tert-OH is 10. The topological polar surface area (TPSA) is 608 Å². The van der Waals surface area contributed by atoms with Crippen LogP contribution < -0.4 is 39.6 Å². The van der Waals surface area contributed by atoms with Crippen LogP contribution in [0.15, 0.2) is 58.0 Å². The molecule has 10 aromatic rings. The average molecular weight is 1870 g/mol. The number of alkyl halides is 10. The fraction of sp³-hybridized carbons (Fsp3) is 0.493. The normalized spacial score (nSPS) is 30.2. The molecule has 25 atom stereocenters. The van der Waals surface area contributed by atoms with Crippen LogP contribution >= 0.6 is 70.2 Å². The number of hydrogen-bond donors (Lipinski definition) is 18. The van der Waals surface area contributed by atoms with Crippen molar-refractivity contribution in [3.63, 3.8) is 0 Å². The summed E-state index contributed by atoms with van der Waals surface area (Å²) in [4.78, 5) is 73.1. The lowest BCUT2D eigenvalue weighted by Crippen LogP contribution is -2.43. The molecule has 0 bridgehead atoms. The maximum atomic E-state index is 14.3. The number of nitrogens with two attached hydrogens (primary N) is 4. The largest absolute Gasteiger partial charge is 0.391 e. The lowest BCUT2D eigenvalue weighted by molar-refractivity contribution is -0.0752. The highest BCUT2D eigenvalue weighted by Gasteiger charge is 2.62. The van der Waals surface area contributed by atoms with Gasteiger partial charge in [-0.15, -0.1) is 0 Å². The Balaban J connectivity index is 0.000000152. The third-order valence-corrected chi connectivity index (χ3v) is 22.7. The third-order valence-electron chi connectivity index (χ3n) is 19.9. The molecule has 5 aliphatic heterocycles. The van der Waals surface area contributed by atoms with Gasteiger partial charge in [0, 0.05) is 12.4 Å². The quantitative estimate of drug-likeness (QED) is 0.0386. The molecule has 5 aliphatic rings. The second-order valence-corrected chi connectivity index (χ2v) is 32.0.